The molecular formula is C12H19N3O2S. The molecule has 0 saturated carbocycles. The Balaban J connectivity index is 2.10. The van der Waals surface area contributed by atoms with Gasteiger partial charge in [-0.05, 0) is 18.7 Å². The van der Waals surface area contributed by atoms with Gasteiger partial charge in [-0.3, -0.25) is 0 Å². The van der Waals surface area contributed by atoms with Crippen LogP contribution < -0.4 is 5.73 Å². The summed E-state index contributed by atoms with van der Waals surface area (Å²) in [4.78, 5) is 2.13. The Hall–Kier alpha value is -1.11. The second kappa shape index (κ2) is 5.26. The number of nitrogen functional groups attached to an aromatic ring is 1. The summed E-state index contributed by atoms with van der Waals surface area (Å²) < 4.78 is 26.1. The van der Waals surface area contributed by atoms with Gasteiger partial charge in [0.05, 0.1) is 5.75 Å². The highest BCUT2D eigenvalue weighted by Gasteiger charge is 2.26. The number of anilines is 1. The van der Waals surface area contributed by atoms with E-state index < -0.39 is 10.0 Å². The Morgan fingerprint density at radius 3 is 2.39 bits per heavy atom. The van der Waals surface area contributed by atoms with Crippen molar-refractivity contribution < 1.29 is 8.42 Å². The Labute approximate surface area is 108 Å². The van der Waals surface area contributed by atoms with E-state index in [1.807, 2.05) is 13.1 Å². The molecule has 1 saturated heterocycles. The average molecular weight is 269 g/mol. The summed E-state index contributed by atoms with van der Waals surface area (Å²) in [5.74, 6) is -0.0105. The van der Waals surface area contributed by atoms with Crippen LogP contribution in [0.15, 0.2) is 24.3 Å². The van der Waals surface area contributed by atoms with Crippen molar-refractivity contribution in [3.8, 4) is 0 Å². The van der Waals surface area contributed by atoms with Crippen LogP contribution >= 0.6 is 0 Å². The second-order valence-electron chi connectivity index (χ2n) is 4.66. The normalized spacial score (nSPS) is 18.9. The highest BCUT2D eigenvalue weighted by Crippen LogP contribution is 2.17. The van der Waals surface area contributed by atoms with E-state index in [1.54, 1.807) is 22.5 Å². The maximum Gasteiger partial charge on any atom is 0.218 e. The minimum Gasteiger partial charge on any atom is -0.398 e. The lowest BCUT2D eigenvalue weighted by Gasteiger charge is -2.31. The van der Waals surface area contributed by atoms with E-state index >= 15 is 0 Å². The highest BCUT2D eigenvalue weighted by atomic mass is 32.2. The molecule has 5 nitrogen and oxygen atoms in total. The van der Waals surface area contributed by atoms with Crippen LogP contribution in [0, 0.1) is 0 Å². The molecule has 0 bridgehead atoms. The van der Waals surface area contributed by atoms with Crippen molar-refractivity contribution in [3.63, 3.8) is 0 Å². The SMILES string of the molecule is CN1CCN(S(=O)(=O)Cc2ccccc2N)CC1. The first-order chi connectivity index (χ1) is 8.49. The summed E-state index contributed by atoms with van der Waals surface area (Å²) in [7, 11) is -1.26. The van der Waals surface area contributed by atoms with E-state index in [0.29, 0.717) is 24.3 Å². The van der Waals surface area contributed by atoms with E-state index in [1.165, 1.54) is 0 Å². The lowest BCUT2D eigenvalue weighted by Crippen LogP contribution is -2.47. The number of likely N-dealkylation sites (N-methyl/N-ethyl adjacent to an activating group) is 1. The van der Waals surface area contributed by atoms with Crippen LogP contribution in [0.2, 0.25) is 0 Å². The van der Waals surface area contributed by atoms with Crippen molar-refractivity contribution in [1.82, 2.24) is 9.21 Å². The van der Waals surface area contributed by atoms with E-state index in [4.69, 9.17) is 5.73 Å². The van der Waals surface area contributed by atoms with Crippen molar-refractivity contribution in [3.05, 3.63) is 29.8 Å². The largest absolute Gasteiger partial charge is 0.398 e. The molecule has 1 aromatic rings. The molecular weight excluding hydrogens is 250 g/mol. The van der Waals surface area contributed by atoms with Gasteiger partial charge in [0.1, 0.15) is 0 Å². The topological polar surface area (TPSA) is 66.6 Å². The molecule has 1 aliphatic rings. The molecule has 1 aliphatic heterocycles. The number of benzene rings is 1. The fourth-order valence-electron chi connectivity index (χ4n) is 2.02. The van der Waals surface area contributed by atoms with Gasteiger partial charge in [-0.1, -0.05) is 18.2 Å². The second-order valence-corrected chi connectivity index (χ2v) is 6.63. The van der Waals surface area contributed by atoms with Gasteiger partial charge in [0.2, 0.25) is 10.0 Å². The molecule has 0 unspecified atom stereocenters. The quantitative estimate of drug-likeness (QED) is 0.804. The monoisotopic (exact) mass is 269 g/mol. The zero-order chi connectivity index (χ0) is 13.2. The van der Waals surface area contributed by atoms with E-state index in [-0.39, 0.29) is 5.75 Å². The summed E-state index contributed by atoms with van der Waals surface area (Å²) in [6.07, 6.45) is 0. The molecule has 1 aromatic carbocycles. The minimum atomic E-state index is -3.26. The number of para-hydroxylation sites is 1. The Kier molecular flexibility index (Phi) is 3.89. The zero-order valence-corrected chi connectivity index (χ0v) is 11.4. The molecule has 6 heteroatoms. The Morgan fingerprint density at radius 2 is 1.78 bits per heavy atom. The van der Waals surface area contributed by atoms with Gasteiger partial charge in [-0.15, -0.1) is 0 Å². The highest BCUT2D eigenvalue weighted by molar-refractivity contribution is 7.88. The summed E-state index contributed by atoms with van der Waals surface area (Å²) in [5, 5.41) is 0. The van der Waals surface area contributed by atoms with Gasteiger partial charge in [0.25, 0.3) is 0 Å². The smallest absolute Gasteiger partial charge is 0.218 e. The van der Waals surface area contributed by atoms with Crippen molar-refractivity contribution in [1.29, 1.82) is 0 Å². The van der Waals surface area contributed by atoms with Crippen molar-refractivity contribution in [2.45, 2.75) is 5.75 Å². The third kappa shape index (κ3) is 3.01. The minimum absolute atomic E-state index is 0.0105. The van der Waals surface area contributed by atoms with Gasteiger partial charge in [-0.2, -0.15) is 4.31 Å². The predicted octanol–water partition coefficient (Wildman–Crippen LogP) is 0.346. The Bertz CT molecular complexity index is 508. The molecule has 18 heavy (non-hydrogen) atoms. The molecule has 0 aliphatic carbocycles. The predicted molar refractivity (Wildman–Crippen MR) is 72.5 cm³/mol. The molecule has 2 rings (SSSR count). The fraction of sp³-hybridized carbons (Fsp3) is 0.500. The van der Waals surface area contributed by atoms with Crippen molar-refractivity contribution in [2.24, 2.45) is 0 Å². The molecule has 0 spiro atoms. The van der Waals surface area contributed by atoms with Crippen LogP contribution in [0.4, 0.5) is 5.69 Å². The number of hydrogen-bond donors (Lipinski definition) is 1. The number of nitrogens with two attached hydrogens (primary N) is 1. The molecule has 2 N–H and O–H groups in total. The van der Waals surface area contributed by atoms with Crippen LogP contribution in [-0.4, -0.2) is 50.8 Å². The van der Waals surface area contributed by atoms with Crippen LogP contribution in [0.3, 0.4) is 0 Å². The molecule has 1 heterocycles. The number of piperazine rings is 1. The number of nitrogens with zero attached hydrogens (tertiary/aromatic N) is 2. The van der Waals surface area contributed by atoms with Crippen LogP contribution in [0.5, 0.6) is 0 Å². The van der Waals surface area contributed by atoms with Gasteiger partial charge in [-0.25, -0.2) is 8.42 Å². The first kappa shape index (κ1) is 13.3. The third-order valence-corrected chi connectivity index (χ3v) is 5.08. The van der Waals surface area contributed by atoms with E-state index in [0.717, 1.165) is 13.1 Å². The third-order valence-electron chi connectivity index (χ3n) is 3.25. The lowest BCUT2D eigenvalue weighted by molar-refractivity contribution is 0.222. The zero-order valence-electron chi connectivity index (χ0n) is 10.5. The molecule has 1 fully saturated rings. The maximum absolute atomic E-state index is 12.3. The lowest BCUT2D eigenvalue weighted by atomic mass is 10.2. The maximum atomic E-state index is 12.3. The Morgan fingerprint density at radius 1 is 1.17 bits per heavy atom. The van der Waals surface area contributed by atoms with Gasteiger partial charge in [0, 0.05) is 31.9 Å². The average Bonchev–Trinajstić information content (AvgIpc) is 2.32. The number of rotatable bonds is 3. The molecule has 0 radical (unpaired) electrons. The first-order valence-electron chi connectivity index (χ1n) is 5.99. The van der Waals surface area contributed by atoms with Crippen molar-refractivity contribution >= 4 is 15.7 Å². The fourth-order valence-corrected chi connectivity index (χ4v) is 3.58. The van der Waals surface area contributed by atoms with E-state index in [9.17, 15) is 8.42 Å². The summed E-state index contributed by atoms with van der Waals surface area (Å²) in [5.41, 5.74) is 7.00. The number of hydrogen-bond acceptors (Lipinski definition) is 4. The summed E-state index contributed by atoms with van der Waals surface area (Å²) in [6.45, 7) is 2.68. The van der Waals surface area contributed by atoms with Crippen LogP contribution in [0.25, 0.3) is 0 Å². The van der Waals surface area contributed by atoms with Gasteiger partial charge < -0.3 is 10.6 Å². The van der Waals surface area contributed by atoms with Crippen LogP contribution in [0.1, 0.15) is 5.56 Å². The summed E-state index contributed by atoms with van der Waals surface area (Å²) >= 11 is 0. The van der Waals surface area contributed by atoms with Crippen LogP contribution in [-0.2, 0) is 15.8 Å². The molecule has 100 valence electrons. The molecule has 0 aromatic heterocycles. The first-order valence-corrected chi connectivity index (χ1v) is 7.60. The van der Waals surface area contributed by atoms with Gasteiger partial charge >= 0.3 is 0 Å². The van der Waals surface area contributed by atoms with E-state index in [2.05, 4.69) is 4.90 Å². The van der Waals surface area contributed by atoms with Gasteiger partial charge in [0.15, 0.2) is 0 Å². The molecule has 0 amide bonds. The summed E-state index contributed by atoms with van der Waals surface area (Å²) in [6, 6.07) is 7.12. The number of sulfonamides is 1. The van der Waals surface area contributed by atoms with Crippen molar-refractivity contribution in [2.75, 3.05) is 39.0 Å². The molecule has 0 atom stereocenters. The standard InChI is InChI=1S/C12H19N3O2S/c1-14-6-8-15(9-7-14)18(16,17)10-11-4-2-3-5-12(11)13/h2-5H,6-10,13H2,1H3.